The van der Waals surface area contributed by atoms with Gasteiger partial charge in [0.15, 0.2) is 0 Å². The lowest BCUT2D eigenvalue weighted by molar-refractivity contribution is -0.144. The average Bonchev–Trinajstić information content (AvgIpc) is 2.68. The minimum atomic E-state index is -4.23. The molecule has 0 spiro atoms. The van der Waals surface area contributed by atoms with Gasteiger partial charge in [-0.05, 0) is 12.8 Å². The predicted octanol–water partition coefficient (Wildman–Crippen LogP) is 1.35. The van der Waals surface area contributed by atoms with Gasteiger partial charge in [-0.25, -0.2) is 4.79 Å². The van der Waals surface area contributed by atoms with E-state index in [1.54, 1.807) is 4.90 Å². The van der Waals surface area contributed by atoms with Crippen molar-refractivity contribution in [1.29, 1.82) is 0 Å². The smallest absolute Gasteiger partial charge is 0.336 e. The van der Waals surface area contributed by atoms with Crippen LogP contribution >= 0.6 is 0 Å². The van der Waals surface area contributed by atoms with Gasteiger partial charge >= 0.3 is 12.2 Å². The van der Waals surface area contributed by atoms with Crippen molar-refractivity contribution in [2.45, 2.75) is 37.9 Å². The van der Waals surface area contributed by atoms with Gasteiger partial charge in [0, 0.05) is 25.7 Å². The van der Waals surface area contributed by atoms with Crippen LogP contribution in [-0.2, 0) is 4.79 Å². The largest absolute Gasteiger partial charge is 0.390 e. The molecule has 114 valence electrons. The number of halogens is 3. The number of nitrogens with zero attached hydrogens (tertiary/aromatic N) is 2. The van der Waals surface area contributed by atoms with Crippen molar-refractivity contribution in [3.05, 3.63) is 0 Å². The van der Waals surface area contributed by atoms with Crippen molar-refractivity contribution in [3.8, 4) is 0 Å². The summed E-state index contributed by atoms with van der Waals surface area (Å²) in [5.74, 6) is -0.422. The molecule has 1 heterocycles. The first kappa shape index (κ1) is 15.1. The highest BCUT2D eigenvalue weighted by Crippen LogP contribution is 2.27. The highest BCUT2D eigenvalue weighted by molar-refractivity contribution is 5.96. The average molecular weight is 293 g/mol. The summed E-state index contributed by atoms with van der Waals surface area (Å²) in [7, 11) is 0. The van der Waals surface area contributed by atoms with E-state index in [2.05, 4.69) is 5.32 Å². The van der Waals surface area contributed by atoms with Crippen LogP contribution in [0.15, 0.2) is 0 Å². The van der Waals surface area contributed by atoms with Crippen molar-refractivity contribution in [3.63, 3.8) is 0 Å². The monoisotopic (exact) mass is 293 g/mol. The van der Waals surface area contributed by atoms with E-state index < -0.39 is 24.5 Å². The normalized spacial score (nSPS) is 20.2. The van der Waals surface area contributed by atoms with E-state index in [9.17, 15) is 22.8 Å². The van der Waals surface area contributed by atoms with Crippen LogP contribution in [0.4, 0.5) is 18.0 Å². The lowest BCUT2D eigenvalue weighted by Gasteiger charge is -2.37. The van der Waals surface area contributed by atoms with E-state index in [-0.39, 0.29) is 25.7 Å². The van der Waals surface area contributed by atoms with E-state index in [1.807, 2.05) is 0 Å². The van der Waals surface area contributed by atoms with E-state index in [1.165, 1.54) is 0 Å². The summed E-state index contributed by atoms with van der Waals surface area (Å²) in [5.41, 5.74) is 0. The molecule has 0 aromatic heterocycles. The van der Waals surface area contributed by atoms with Crippen LogP contribution < -0.4 is 5.32 Å². The van der Waals surface area contributed by atoms with Gasteiger partial charge < -0.3 is 5.32 Å². The summed E-state index contributed by atoms with van der Waals surface area (Å²) in [5, 5.41) is 2.50. The number of hydrogen-bond donors (Lipinski definition) is 1. The fourth-order valence-corrected chi connectivity index (χ4v) is 2.38. The van der Waals surface area contributed by atoms with Crippen LogP contribution in [-0.4, -0.2) is 60.1 Å². The zero-order chi connectivity index (χ0) is 14.8. The van der Waals surface area contributed by atoms with Gasteiger partial charge in [-0.3, -0.25) is 14.6 Å². The van der Waals surface area contributed by atoms with E-state index >= 15 is 0 Å². The summed E-state index contributed by atoms with van der Waals surface area (Å²) in [6.45, 7) is 0.384. The number of amides is 3. The molecule has 1 aliphatic heterocycles. The molecule has 1 N–H and O–H groups in total. The second kappa shape index (κ2) is 5.99. The maximum atomic E-state index is 12.3. The number of hydrogen-bond acceptors (Lipinski definition) is 3. The first-order valence-electron chi connectivity index (χ1n) is 6.76. The van der Waals surface area contributed by atoms with Crippen molar-refractivity contribution < 1.29 is 22.8 Å². The third kappa shape index (κ3) is 3.84. The first-order chi connectivity index (χ1) is 9.37. The van der Waals surface area contributed by atoms with E-state index in [0.29, 0.717) is 6.54 Å². The van der Waals surface area contributed by atoms with Gasteiger partial charge in [0.1, 0.15) is 0 Å². The topological polar surface area (TPSA) is 52.7 Å². The summed E-state index contributed by atoms with van der Waals surface area (Å²) < 4.78 is 36.9. The molecule has 0 bridgehead atoms. The number of imide groups is 1. The summed E-state index contributed by atoms with van der Waals surface area (Å²) >= 11 is 0. The Hall–Kier alpha value is -1.31. The molecule has 2 fully saturated rings. The molecule has 0 unspecified atom stereocenters. The fraction of sp³-hybridized carbons (Fsp3) is 0.833. The number of rotatable bonds is 5. The van der Waals surface area contributed by atoms with Crippen molar-refractivity contribution in [2.24, 2.45) is 0 Å². The van der Waals surface area contributed by atoms with E-state index in [4.69, 9.17) is 0 Å². The van der Waals surface area contributed by atoms with Crippen molar-refractivity contribution in [1.82, 2.24) is 15.1 Å². The molecule has 1 saturated heterocycles. The highest BCUT2D eigenvalue weighted by atomic mass is 19.4. The Kier molecular flexibility index (Phi) is 4.52. The van der Waals surface area contributed by atoms with Gasteiger partial charge in [0.25, 0.3) is 0 Å². The molecule has 3 amide bonds. The third-order valence-electron chi connectivity index (χ3n) is 3.77. The number of nitrogens with one attached hydrogen (secondary N) is 1. The van der Waals surface area contributed by atoms with Gasteiger partial charge in [0.2, 0.25) is 5.91 Å². The number of carbonyl (C=O) groups is 2. The van der Waals surface area contributed by atoms with Gasteiger partial charge in [-0.15, -0.1) is 0 Å². The standard InChI is InChI=1S/C12H18F3N3O2/c13-12(14,15)4-6-17(9-2-1-3-9)8-10(19)18-7-5-16-11(18)20/h9H,1-8H2,(H,16,20). The Bertz CT molecular complexity index is 383. The van der Waals surface area contributed by atoms with Crippen LogP contribution in [0.1, 0.15) is 25.7 Å². The fourth-order valence-electron chi connectivity index (χ4n) is 2.38. The number of alkyl halides is 3. The lowest BCUT2D eigenvalue weighted by Crippen LogP contribution is -2.48. The van der Waals surface area contributed by atoms with Crippen LogP contribution in [0.5, 0.6) is 0 Å². The summed E-state index contributed by atoms with van der Waals surface area (Å²) in [6, 6.07) is -0.425. The summed E-state index contributed by atoms with van der Waals surface area (Å²) in [4.78, 5) is 26.0. The lowest BCUT2D eigenvalue weighted by atomic mass is 9.91. The molecule has 0 radical (unpaired) electrons. The van der Waals surface area contributed by atoms with Crippen molar-refractivity contribution in [2.75, 3.05) is 26.2 Å². The molecule has 1 aliphatic carbocycles. The highest BCUT2D eigenvalue weighted by Gasteiger charge is 2.34. The van der Waals surface area contributed by atoms with E-state index in [0.717, 1.165) is 24.2 Å². The minimum Gasteiger partial charge on any atom is -0.336 e. The van der Waals surface area contributed by atoms with Gasteiger partial charge in [0.05, 0.1) is 13.0 Å². The third-order valence-corrected chi connectivity index (χ3v) is 3.77. The Balaban J connectivity index is 1.89. The minimum absolute atomic E-state index is 0.0342. The molecule has 20 heavy (non-hydrogen) atoms. The maximum Gasteiger partial charge on any atom is 0.390 e. The zero-order valence-electron chi connectivity index (χ0n) is 11.1. The molecule has 8 heteroatoms. The van der Waals surface area contributed by atoms with Gasteiger partial charge in [-0.2, -0.15) is 13.2 Å². The second-order valence-corrected chi connectivity index (χ2v) is 5.20. The first-order valence-corrected chi connectivity index (χ1v) is 6.76. The maximum absolute atomic E-state index is 12.3. The quantitative estimate of drug-likeness (QED) is 0.832. The molecule has 0 aromatic rings. The molecule has 1 saturated carbocycles. The molecular weight excluding hydrogens is 275 g/mol. The number of urea groups is 1. The summed E-state index contributed by atoms with van der Waals surface area (Å²) in [6.07, 6.45) is -2.54. The zero-order valence-corrected chi connectivity index (χ0v) is 11.1. The Labute approximate surface area is 115 Å². The Morgan fingerprint density at radius 2 is 2.10 bits per heavy atom. The SMILES string of the molecule is O=C(CN(CCC(F)(F)F)C1CCC1)N1CCNC1=O. The van der Waals surface area contributed by atoms with Crippen molar-refractivity contribution >= 4 is 11.9 Å². The molecule has 2 rings (SSSR count). The van der Waals surface area contributed by atoms with Crippen LogP contribution in [0.2, 0.25) is 0 Å². The molecule has 0 atom stereocenters. The van der Waals surface area contributed by atoms with Gasteiger partial charge in [-0.1, -0.05) is 6.42 Å². The Morgan fingerprint density at radius 1 is 1.40 bits per heavy atom. The number of carbonyl (C=O) groups excluding carboxylic acids is 2. The second-order valence-electron chi connectivity index (χ2n) is 5.20. The van der Waals surface area contributed by atoms with Crippen LogP contribution in [0.3, 0.4) is 0 Å². The van der Waals surface area contributed by atoms with Crippen LogP contribution in [0.25, 0.3) is 0 Å². The molecule has 0 aromatic carbocycles. The molecular formula is C12H18F3N3O2. The molecule has 5 nitrogen and oxygen atoms in total. The molecule has 2 aliphatic rings. The predicted molar refractivity (Wildman–Crippen MR) is 65.0 cm³/mol. The Morgan fingerprint density at radius 3 is 2.55 bits per heavy atom. The van der Waals surface area contributed by atoms with Crippen LogP contribution in [0, 0.1) is 0 Å².